The van der Waals surface area contributed by atoms with Crippen molar-refractivity contribution in [2.45, 2.75) is 26.8 Å². The minimum atomic E-state index is -0.693. The summed E-state index contributed by atoms with van der Waals surface area (Å²) >= 11 is 4.53. The van der Waals surface area contributed by atoms with E-state index >= 15 is 0 Å². The summed E-state index contributed by atoms with van der Waals surface area (Å²) in [4.78, 5) is 36.0. The van der Waals surface area contributed by atoms with E-state index in [2.05, 4.69) is 15.9 Å². The standard InChI is InChI=1S/C20H23BrN2O6S/c1-4-6-29-19-13(21)7-12(8-14(19)27-3)9-15-20(26)23(11-16(22)24)17(30-15)10-18(25)28-5-2/h7-10H,4-6,11H2,1-3H3,(H2,22,24)/b15-9-,17-10-. The Labute approximate surface area is 185 Å². The highest BCUT2D eigenvalue weighted by Gasteiger charge is 2.13. The van der Waals surface area contributed by atoms with Gasteiger partial charge in [0.1, 0.15) is 11.2 Å². The first-order valence-electron chi connectivity index (χ1n) is 9.19. The molecule has 2 aromatic rings. The smallest absolute Gasteiger partial charge is 0.333 e. The molecule has 0 fully saturated rings. The van der Waals surface area contributed by atoms with Crippen LogP contribution in [0.1, 0.15) is 25.8 Å². The molecule has 0 aliphatic rings. The molecule has 1 aromatic carbocycles. The Morgan fingerprint density at radius 3 is 2.63 bits per heavy atom. The predicted octanol–water partition coefficient (Wildman–Crippen LogP) is 1.13. The lowest BCUT2D eigenvalue weighted by Crippen LogP contribution is -2.36. The van der Waals surface area contributed by atoms with E-state index in [1.54, 1.807) is 25.1 Å². The summed E-state index contributed by atoms with van der Waals surface area (Å²) in [6.07, 6.45) is 3.66. The molecule has 8 nitrogen and oxygen atoms in total. The number of esters is 1. The van der Waals surface area contributed by atoms with E-state index in [4.69, 9.17) is 19.9 Å². The van der Waals surface area contributed by atoms with E-state index in [0.29, 0.717) is 32.7 Å². The highest BCUT2D eigenvalue weighted by molar-refractivity contribution is 9.10. The summed E-state index contributed by atoms with van der Waals surface area (Å²) in [7, 11) is 1.53. The zero-order chi connectivity index (χ0) is 22.3. The second kappa shape index (κ2) is 11.0. The van der Waals surface area contributed by atoms with Crippen LogP contribution in [-0.2, 0) is 20.9 Å². The number of rotatable bonds is 9. The fourth-order valence-corrected chi connectivity index (χ4v) is 4.16. The molecule has 0 saturated heterocycles. The summed E-state index contributed by atoms with van der Waals surface area (Å²) in [5.74, 6) is -0.214. The van der Waals surface area contributed by atoms with Gasteiger partial charge >= 0.3 is 5.97 Å². The number of hydrogen-bond donors (Lipinski definition) is 1. The number of carbonyl (C=O) groups excluding carboxylic acids is 2. The number of thiazole rings is 1. The first-order chi connectivity index (χ1) is 14.3. The second-order valence-corrected chi connectivity index (χ2v) is 8.00. The Morgan fingerprint density at radius 2 is 2.03 bits per heavy atom. The molecule has 1 aromatic heterocycles. The average molecular weight is 499 g/mol. The second-order valence-electron chi connectivity index (χ2n) is 6.09. The number of primary amides is 1. The third-order valence-corrected chi connectivity index (χ3v) is 5.43. The summed E-state index contributed by atoms with van der Waals surface area (Å²) in [6, 6.07) is 3.53. The molecule has 10 heteroatoms. The van der Waals surface area contributed by atoms with Crippen LogP contribution >= 0.6 is 27.3 Å². The molecule has 0 bridgehead atoms. The van der Waals surface area contributed by atoms with Crippen molar-refractivity contribution >= 4 is 51.3 Å². The van der Waals surface area contributed by atoms with Gasteiger partial charge in [0, 0.05) is 0 Å². The fourth-order valence-electron chi connectivity index (χ4n) is 2.55. The first kappa shape index (κ1) is 23.7. The largest absolute Gasteiger partial charge is 0.493 e. The fraction of sp³-hybridized carbons (Fsp3) is 0.350. The van der Waals surface area contributed by atoms with E-state index < -0.39 is 17.4 Å². The number of benzene rings is 1. The minimum Gasteiger partial charge on any atom is -0.493 e. The van der Waals surface area contributed by atoms with Crippen molar-refractivity contribution in [2.75, 3.05) is 20.3 Å². The van der Waals surface area contributed by atoms with Crippen LogP contribution in [0, 0.1) is 0 Å². The van der Waals surface area contributed by atoms with Crippen molar-refractivity contribution in [1.82, 2.24) is 4.57 Å². The van der Waals surface area contributed by atoms with Crippen LogP contribution in [0.5, 0.6) is 11.5 Å². The van der Waals surface area contributed by atoms with E-state index in [-0.39, 0.29) is 17.8 Å². The van der Waals surface area contributed by atoms with Crippen LogP contribution in [0.2, 0.25) is 0 Å². The van der Waals surface area contributed by atoms with Gasteiger partial charge in [0.15, 0.2) is 11.5 Å². The quantitative estimate of drug-likeness (QED) is 0.518. The monoisotopic (exact) mass is 498 g/mol. The first-order valence-corrected chi connectivity index (χ1v) is 10.8. The zero-order valence-electron chi connectivity index (χ0n) is 16.9. The van der Waals surface area contributed by atoms with Gasteiger partial charge < -0.3 is 19.9 Å². The molecule has 0 radical (unpaired) electrons. The van der Waals surface area contributed by atoms with E-state index in [1.807, 2.05) is 6.92 Å². The Kier molecular flexibility index (Phi) is 8.67. The summed E-state index contributed by atoms with van der Waals surface area (Å²) < 4.78 is 18.4. The van der Waals surface area contributed by atoms with Gasteiger partial charge in [-0.3, -0.25) is 14.2 Å². The molecule has 162 valence electrons. The van der Waals surface area contributed by atoms with Crippen LogP contribution in [0.15, 0.2) is 21.4 Å². The molecule has 0 saturated carbocycles. The van der Waals surface area contributed by atoms with Crippen LogP contribution in [0.4, 0.5) is 0 Å². The van der Waals surface area contributed by atoms with Crippen LogP contribution in [-0.4, -0.2) is 36.8 Å². The molecule has 30 heavy (non-hydrogen) atoms. The molecule has 1 heterocycles. The van der Waals surface area contributed by atoms with Gasteiger partial charge in [-0.1, -0.05) is 6.92 Å². The molecular weight excluding hydrogens is 476 g/mol. The lowest BCUT2D eigenvalue weighted by atomic mass is 10.2. The van der Waals surface area contributed by atoms with E-state index in [9.17, 15) is 14.4 Å². The Morgan fingerprint density at radius 1 is 1.30 bits per heavy atom. The third-order valence-electron chi connectivity index (χ3n) is 3.78. The number of nitrogens with zero attached hydrogens (tertiary/aromatic N) is 1. The molecular formula is C20H23BrN2O6S. The maximum atomic E-state index is 12.8. The number of hydrogen-bond acceptors (Lipinski definition) is 7. The maximum Gasteiger partial charge on any atom is 0.333 e. The van der Waals surface area contributed by atoms with Gasteiger partial charge in [0.05, 0.1) is 35.4 Å². The normalized spacial score (nSPS) is 12.1. The van der Waals surface area contributed by atoms with E-state index in [1.165, 1.54) is 13.2 Å². The average Bonchev–Trinajstić information content (AvgIpc) is 2.95. The maximum absolute atomic E-state index is 12.8. The number of methoxy groups -OCH3 is 1. The van der Waals surface area contributed by atoms with Gasteiger partial charge in [0.2, 0.25) is 5.91 Å². The molecule has 0 aliphatic carbocycles. The van der Waals surface area contributed by atoms with Gasteiger partial charge in [-0.15, -0.1) is 11.3 Å². The Hall–Kier alpha value is -2.59. The van der Waals surface area contributed by atoms with Crippen molar-refractivity contribution in [1.29, 1.82) is 0 Å². The SMILES string of the molecule is CCCOc1c(Br)cc(/C=c2\s/c(=C\C(=O)OCC)n(CC(N)=O)c2=O)cc1OC. The zero-order valence-corrected chi connectivity index (χ0v) is 19.3. The number of ether oxygens (including phenoxy) is 3. The summed E-state index contributed by atoms with van der Waals surface area (Å²) in [5, 5.41) is 0. The molecule has 2 rings (SSSR count). The van der Waals surface area contributed by atoms with Gasteiger partial charge in [-0.2, -0.15) is 0 Å². The summed E-state index contributed by atoms with van der Waals surface area (Å²) in [6.45, 7) is 4.06. The number of nitrogens with two attached hydrogens (primary N) is 1. The van der Waals surface area contributed by atoms with Crippen molar-refractivity contribution in [3.8, 4) is 11.5 Å². The number of amides is 1. The van der Waals surface area contributed by atoms with Crippen molar-refractivity contribution in [2.24, 2.45) is 5.73 Å². The van der Waals surface area contributed by atoms with Crippen molar-refractivity contribution in [3.05, 3.63) is 41.7 Å². The van der Waals surface area contributed by atoms with Crippen LogP contribution in [0.25, 0.3) is 12.2 Å². The Bertz CT molecular complexity index is 1110. The van der Waals surface area contributed by atoms with Crippen LogP contribution in [0.3, 0.4) is 0 Å². The molecule has 0 unspecified atom stereocenters. The third kappa shape index (κ3) is 5.96. The van der Waals surface area contributed by atoms with Gasteiger partial charge in [0.25, 0.3) is 5.56 Å². The molecule has 0 aliphatic heterocycles. The highest BCUT2D eigenvalue weighted by atomic mass is 79.9. The minimum absolute atomic E-state index is 0.194. The molecule has 2 N–H and O–H groups in total. The number of carbonyl (C=O) groups is 2. The molecule has 1 amide bonds. The Balaban J connectivity index is 2.62. The highest BCUT2D eigenvalue weighted by Crippen LogP contribution is 2.36. The summed E-state index contributed by atoms with van der Waals surface area (Å²) in [5.41, 5.74) is 5.50. The van der Waals surface area contributed by atoms with Crippen LogP contribution < -0.4 is 30.0 Å². The van der Waals surface area contributed by atoms with E-state index in [0.717, 1.165) is 22.3 Å². The molecule has 0 atom stereocenters. The van der Waals surface area contributed by atoms with Crippen molar-refractivity contribution < 1.29 is 23.8 Å². The molecule has 0 spiro atoms. The number of halogens is 1. The topological polar surface area (TPSA) is 110 Å². The van der Waals surface area contributed by atoms with Gasteiger partial charge in [-0.05, 0) is 53.0 Å². The predicted molar refractivity (Wildman–Crippen MR) is 118 cm³/mol. The number of aromatic nitrogens is 1. The lowest BCUT2D eigenvalue weighted by Gasteiger charge is -2.12. The van der Waals surface area contributed by atoms with Gasteiger partial charge in [-0.25, -0.2) is 4.79 Å². The van der Waals surface area contributed by atoms with Crippen molar-refractivity contribution in [3.63, 3.8) is 0 Å². The lowest BCUT2D eigenvalue weighted by molar-refractivity contribution is -0.135.